The first-order valence-corrected chi connectivity index (χ1v) is 23.1. The number of hydrogen-bond donors (Lipinski definition) is 5. The van der Waals surface area contributed by atoms with Crippen molar-refractivity contribution < 1.29 is 68.3 Å². The third-order valence-electron chi connectivity index (χ3n) is 13.9. The minimum absolute atomic E-state index is 0.0732. The van der Waals surface area contributed by atoms with Gasteiger partial charge in [0.05, 0.1) is 36.4 Å². The van der Waals surface area contributed by atoms with Gasteiger partial charge in [0.1, 0.15) is 50.0 Å². The number of ketones is 1. The molecular weight excluding hydrogens is 979 g/mol. The van der Waals surface area contributed by atoms with Crippen LogP contribution in [0.25, 0.3) is 0 Å². The van der Waals surface area contributed by atoms with Crippen molar-refractivity contribution in [3.05, 3.63) is 82.9 Å². The highest BCUT2D eigenvalue weighted by molar-refractivity contribution is 6.68. The van der Waals surface area contributed by atoms with Gasteiger partial charge in [-0.2, -0.15) is 0 Å². The van der Waals surface area contributed by atoms with Gasteiger partial charge in [0.2, 0.25) is 7.59 Å². The van der Waals surface area contributed by atoms with Crippen molar-refractivity contribution in [1.29, 1.82) is 0 Å². The fourth-order valence-corrected chi connectivity index (χ4v) is 11.2. The number of aliphatic hydroxyl groups is 3. The van der Waals surface area contributed by atoms with Crippen LogP contribution < -0.4 is 5.32 Å². The zero-order chi connectivity index (χ0) is 47.9. The van der Waals surface area contributed by atoms with Crippen LogP contribution in [0.15, 0.2) is 71.8 Å². The Balaban J connectivity index is 1.45. The summed E-state index contributed by atoms with van der Waals surface area (Å²) in [6, 6.07) is 16.4. The Kier molecular flexibility index (Phi) is 16.1. The van der Waals surface area contributed by atoms with Crippen LogP contribution in [0.4, 0.5) is 9.59 Å². The average Bonchev–Trinajstić information content (AvgIpc) is 3.24. The highest BCUT2D eigenvalue weighted by Crippen LogP contribution is 2.65. The molecule has 3 fully saturated rings. The van der Waals surface area contributed by atoms with Crippen molar-refractivity contribution in [2.24, 2.45) is 28.6 Å². The smallest absolute Gasteiger partial charge is 0.445 e. The number of alkyl halides is 6. The number of halogens is 6. The summed E-state index contributed by atoms with van der Waals surface area (Å²) >= 11 is 35.3. The van der Waals surface area contributed by atoms with Crippen molar-refractivity contribution in [3.8, 4) is 0 Å². The molecule has 1 aliphatic heterocycles. The fourth-order valence-electron chi connectivity index (χ4n) is 10.8. The average molecular weight is 1030 g/mol. The molecule has 21 heteroatoms. The van der Waals surface area contributed by atoms with Crippen LogP contribution in [-0.2, 0) is 44.7 Å². The van der Waals surface area contributed by atoms with Crippen molar-refractivity contribution >= 4 is 87.6 Å². The summed E-state index contributed by atoms with van der Waals surface area (Å²) in [6.07, 6.45) is -9.86. The topological polar surface area (TPSA) is 209 Å². The number of amides is 1. The Morgan fingerprint density at radius 3 is 2.12 bits per heavy atom. The van der Waals surface area contributed by atoms with E-state index in [0.717, 1.165) is 0 Å². The first-order chi connectivity index (χ1) is 30.3. The quantitative estimate of drug-likeness (QED) is 0.0231. The maximum Gasteiger partial charge on any atom is 0.508 e. The Hall–Kier alpha value is -2.19. The normalized spacial score (nSPS) is 32.3. The van der Waals surface area contributed by atoms with E-state index in [-0.39, 0.29) is 31.6 Å². The van der Waals surface area contributed by atoms with E-state index in [1.54, 1.807) is 82.3 Å². The van der Waals surface area contributed by atoms with E-state index in [0.29, 0.717) is 16.7 Å². The maximum absolute atomic E-state index is 15.3. The SMILES string of the molecule is CC1=C2C(O)C(=O)[C@]3(C)C(OC(=O)OCC(Cl)(Cl)Cl)CC4OCC4(O)C3C(C)C(O)(CC1C(OO)C(OCOCC(Cl)(Cl)Cl)C(NC(=O)OCc1ccccc1)c1ccccc1)C2(C)C. The molecule has 3 aliphatic carbocycles. The second kappa shape index (κ2) is 20.0. The second-order valence-electron chi connectivity index (χ2n) is 17.9. The van der Waals surface area contributed by atoms with E-state index in [4.69, 9.17) is 103 Å². The highest BCUT2D eigenvalue weighted by Gasteiger charge is 2.75. The predicted molar refractivity (Wildman–Crippen MR) is 240 cm³/mol. The number of aliphatic hydroxyl groups excluding tert-OH is 1. The summed E-state index contributed by atoms with van der Waals surface area (Å²) < 4.78 is 30.3. The van der Waals surface area contributed by atoms with Gasteiger partial charge in [-0.05, 0) is 42.9 Å². The van der Waals surface area contributed by atoms with Crippen LogP contribution in [-0.4, -0.2) is 115 Å². The van der Waals surface area contributed by atoms with Gasteiger partial charge < -0.3 is 49.1 Å². The van der Waals surface area contributed by atoms with Gasteiger partial charge in [-0.1, -0.05) is 157 Å². The molecule has 6 rings (SSSR count). The van der Waals surface area contributed by atoms with Crippen LogP contribution in [0.3, 0.4) is 0 Å². The van der Waals surface area contributed by atoms with Crippen LogP contribution in [0, 0.1) is 28.6 Å². The van der Waals surface area contributed by atoms with Crippen LogP contribution in [0.1, 0.15) is 64.6 Å². The number of carbonyl (C=O) groups excluding carboxylic acids is 3. The third kappa shape index (κ3) is 10.5. The summed E-state index contributed by atoms with van der Waals surface area (Å²) in [7, 11) is 0. The summed E-state index contributed by atoms with van der Waals surface area (Å²) in [4.78, 5) is 47.4. The van der Waals surface area contributed by atoms with Gasteiger partial charge in [-0.15, -0.1) is 0 Å². The molecule has 1 amide bonds. The lowest BCUT2D eigenvalue weighted by atomic mass is 9.42. The Morgan fingerprint density at radius 2 is 1.55 bits per heavy atom. The van der Waals surface area contributed by atoms with E-state index in [1.807, 2.05) is 6.07 Å². The first kappa shape index (κ1) is 52.2. The van der Waals surface area contributed by atoms with Crippen LogP contribution in [0.2, 0.25) is 0 Å². The van der Waals surface area contributed by atoms with E-state index in [2.05, 4.69) is 5.32 Å². The molecule has 11 unspecified atom stereocenters. The van der Waals surface area contributed by atoms with E-state index in [1.165, 1.54) is 6.92 Å². The number of benzene rings is 2. The van der Waals surface area contributed by atoms with Crippen molar-refractivity contribution in [2.75, 3.05) is 26.6 Å². The maximum atomic E-state index is 15.3. The number of fused-ring (bicyclic) bond motifs is 5. The first-order valence-electron chi connectivity index (χ1n) is 20.8. The van der Waals surface area contributed by atoms with E-state index >= 15 is 4.79 Å². The number of alkyl carbamates (subject to hydrolysis) is 1. The lowest BCUT2D eigenvalue weighted by molar-refractivity contribution is -0.340. The van der Waals surface area contributed by atoms with E-state index < -0.39 is 122 Å². The summed E-state index contributed by atoms with van der Waals surface area (Å²) in [5.41, 5.74) is -5.46. The molecular formula is C44H53Cl6NO14. The second-order valence-corrected chi connectivity index (χ2v) is 23.0. The van der Waals surface area contributed by atoms with E-state index in [9.17, 15) is 30.2 Å². The molecule has 0 aromatic heterocycles. The van der Waals surface area contributed by atoms with Crippen molar-refractivity contribution in [3.63, 3.8) is 0 Å². The number of Topliss-reactive ketones (excluding diaryl/α,β-unsaturated/α-hetero) is 1. The van der Waals surface area contributed by atoms with Gasteiger partial charge in [0, 0.05) is 23.7 Å². The van der Waals surface area contributed by atoms with Gasteiger partial charge in [0.15, 0.2) is 5.78 Å². The molecule has 65 heavy (non-hydrogen) atoms. The summed E-state index contributed by atoms with van der Waals surface area (Å²) in [6.45, 7) is 6.08. The van der Waals surface area contributed by atoms with Crippen molar-refractivity contribution in [2.45, 2.75) is 109 Å². The lowest BCUT2D eigenvalue weighted by Gasteiger charge is -2.67. The number of ether oxygens (including phenoxy) is 6. The predicted octanol–water partition coefficient (Wildman–Crippen LogP) is 7.96. The molecule has 0 radical (unpaired) electrons. The highest BCUT2D eigenvalue weighted by atomic mass is 35.6. The Morgan fingerprint density at radius 1 is 0.938 bits per heavy atom. The summed E-state index contributed by atoms with van der Waals surface area (Å²) in [5.74, 6) is -4.25. The molecule has 4 aliphatic rings. The van der Waals surface area contributed by atoms with Gasteiger partial charge >= 0.3 is 12.2 Å². The third-order valence-corrected chi connectivity index (χ3v) is 14.6. The van der Waals surface area contributed by atoms with Crippen LogP contribution in [0.5, 0.6) is 0 Å². The fraction of sp³-hybridized carbons (Fsp3) is 0.614. The molecule has 360 valence electrons. The molecule has 2 saturated carbocycles. The number of nitrogens with one attached hydrogen (secondary N) is 1. The summed E-state index contributed by atoms with van der Waals surface area (Å²) in [5, 5.41) is 52.4. The van der Waals surface area contributed by atoms with Gasteiger partial charge in [0.25, 0.3) is 0 Å². The molecule has 2 aromatic rings. The standard InChI is InChI=1S/C44H53Cl6NO14/c1-23-27(33(65-58)34(63-22-59-20-43(45,46)47)31(26-14-10-7-11-15-26)51-37(54)60-18-25-12-8-6-9-13-25)17-42(57)24(2)35-40(5,36(53)32(52)30(23)39(42,3)4)28(16-29-41(35,56)19-61-29)64-38(55)62-21-44(48,49)50/h6-15,24,27-29,31-35,52,56-58H,16-22H2,1-5H3,(H,51,54)/t24?,27?,28?,29?,31?,32?,33?,34?,35?,40-,41?,42?/m1/s1. The Labute approximate surface area is 406 Å². The molecule has 1 saturated heterocycles. The molecule has 5 N–H and O–H groups in total. The monoisotopic (exact) mass is 1030 g/mol. The lowest BCUT2D eigenvalue weighted by Crippen LogP contribution is -2.79. The minimum Gasteiger partial charge on any atom is -0.445 e. The molecule has 15 nitrogen and oxygen atoms in total. The molecule has 2 bridgehead atoms. The number of rotatable bonds is 14. The minimum atomic E-state index is -1.99. The zero-order valence-electron chi connectivity index (χ0n) is 36.1. The molecule has 0 spiro atoms. The zero-order valence-corrected chi connectivity index (χ0v) is 40.6. The Bertz CT molecular complexity index is 2060. The van der Waals surface area contributed by atoms with Crippen molar-refractivity contribution in [1.82, 2.24) is 5.32 Å². The number of carbonyl (C=O) groups is 3. The van der Waals surface area contributed by atoms with Gasteiger partial charge in [-0.3, -0.25) is 10.1 Å². The van der Waals surface area contributed by atoms with Gasteiger partial charge in [-0.25, -0.2) is 14.5 Å². The number of hydrogen-bond acceptors (Lipinski definition) is 14. The van der Waals surface area contributed by atoms with Crippen LogP contribution >= 0.6 is 69.6 Å². The molecule has 2 aromatic carbocycles. The molecule has 1 heterocycles. The molecule has 12 atom stereocenters. The largest absolute Gasteiger partial charge is 0.508 e.